The number of ether oxygens (including phenoxy) is 3. The molecule has 0 saturated heterocycles. The summed E-state index contributed by atoms with van der Waals surface area (Å²) in [5, 5.41) is 28.5. The first-order chi connectivity index (χ1) is 18.0. The topological polar surface area (TPSA) is 127 Å². The van der Waals surface area contributed by atoms with Crippen molar-refractivity contribution in [2.24, 2.45) is 0 Å². The molecule has 0 saturated carbocycles. The standard InChI is InChI=1S/C27H24BN3O6/c1-4-32-25-10-7-22(13-19(25)16-29)35-28(36-23-8-11-26(33-5-2)20(14-23)17-30)37-24-9-12-27(34-6-3)21(15-24)18-31/h7-15H,4-6H2,1-3H3. The van der Waals surface area contributed by atoms with Crippen LogP contribution in [0, 0.1) is 34.0 Å². The van der Waals surface area contributed by atoms with E-state index in [1.165, 1.54) is 18.2 Å². The van der Waals surface area contributed by atoms with Gasteiger partial charge in [-0.15, -0.1) is 0 Å². The third-order valence-corrected chi connectivity index (χ3v) is 4.81. The fourth-order valence-electron chi connectivity index (χ4n) is 3.26. The molecule has 37 heavy (non-hydrogen) atoms. The van der Waals surface area contributed by atoms with E-state index in [1.54, 1.807) is 36.4 Å². The van der Waals surface area contributed by atoms with E-state index in [1.807, 2.05) is 20.8 Å². The monoisotopic (exact) mass is 497 g/mol. The number of hydrogen-bond acceptors (Lipinski definition) is 9. The molecule has 0 atom stereocenters. The van der Waals surface area contributed by atoms with Crippen LogP contribution in [-0.4, -0.2) is 27.1 Å². The first kappa shape index (κ1) is 26.6. The molecule has 9 nitrogen and oxygen atoms in total. The molecule has 0 aliphatic carbocycles. The summed E-state index contributed by atoms with van der Waals surface area (Å²) in [6, 6.07) is 20.4. The highest BCUT2D eigenvalue weighted by molar-refractivity contribution is 6.39. The lowest BCUT2D eigenvalue weighted by Gasteiger charge is -2.18. The third-order valence-electron chi connectivity index (χ3n) is 4.81. The Morgan fingerprint density at radius 2 is 0.838 bits per heavy atom. The first-order valence-corrected chi connectivity index (χ1v) is 11.6. The van der Waals surface area contributed by atoms with Crippen molar-refractivity contribution in [2.45, 2.75) is 20.8 Å². The summed E-state index contributed by atoms with van der Waals surface area (Å²) in [7, 11) is -1.35. The molecule has 0 aromatic heterocycles. The van der Waals surface area contributed by atoms with E-state index in [-0.39, 0.29) is 33.9 Å². The lowest BCUT2D eigenvalue weighted by molar-refractivity contribution is 0.304. The summed E-state index contributed by atoms with van der Waals surface area (Å²) in [4.78, 5) is 0. The van der Waals surface area contributed by atoms with Crippen LogP contribution in [0.4, 0.5) is 0 Å². The van der Waals surface area contributed by atoms with Crippen LogP contribution in [0.15, 0.2) is 54.6 Å². The van der Waals surface area contributed by atoms with Gasteiger partial charge in [-0.3, -0.25) is 0 Å². The summed E-state index contributed by atoms with van der Waals surface area (Å²) in [5.41, 5.74) is 0.830. The minimum atomic E-state index is -1.35. The van der Waals surface area contributed by atoms with Crippen molar-refractivity contribution in [3.05, 3.63) is 71.3 Å². The maximum Gasteiger partial charge on any atom is 0.864 e. The van der Waals surface area contributed by atoms with Gasteiger partial charge in [0.15, 0.2) is 0 Å². The van der Waals surface area contributed by atoms with E-state index < -0.39 is 7.32 Å². The Morgan fingerprint density at radius 3 is 1.08 bits per heavy atom. The van der Waals surface area contributed by atoms with Gasteiger partial charge in [-0.2, -0.15) is 15.8 Å². The summed E-state index contributed by atoms with van der Waals surface area (Å²) < 4.78 is 34.2. The molecule has 0 spiro atoms. The zero-order valence-electron chi connectivity index (χ0n) is 20.7. The van der Waals surface area contributed by atoms with E-state index >= 15 is 0 Å². The second-order valence-corrected chi connectivity index (χ2v) is 7.25. The molecule has 0 unspecified atom stereocenters. The molecule has 10 heteroatoms. The molecule has 0 aliphatic heterocycles. The van der Waals surface area contributed by atoms with E-state index in [4.69, 9.17) is 28.2 Å². The van der Waals surface area contributed by atoms with Crippen molar-refractivity contribution in [3.63, 3.8) is 0 Å². The number of nitrogens with zero attached hydrogens (tertiary/aromatic N) is 3. The molecule has 0 radical (unpaired) electrons. The Balaban J connectivity index is 1.93. The number of hydrogen-bond donors (Lipinski definition) is 0. The molecule has 0 amide bonds. The molecule has 186 valence electrons. The van der Waals surface area contributed by atoms with Gasteiger partial charge >= 0.3 is 7.32 Å². The fraction of sp³-hybridized carbons (Fsp3) is 0.222. The van der Waals surface area contributed by atoms with Gasteiger partial charge in [0.1, 0.15) is 52.7 Å². The third kappa shape index (κ3) is 7.00. The van der Waals surface area contributed by atoms with E-state index in [0.29, 0.717) is 37.1 Å². The first-order valence-electron chi connectivity index (χ1n) is 11.6. The molecule has 3 aromatic rings. The van der Waals surface area contributed by atoms with Gasteiger partial charge in [-0.25, -0.2) is 0 Å². The highest BCUT2D eigenvalue weighted by atomic mass is 16.7. The molecule has 0 bridgehead atoms. The van der Waals surface area contributed by atoms with Gasteiger partial charge in [-0.1, -0.05) is 0 Å². The summed E-state index contributed by atoms with van der Waals surface area (Å²) in [6.45, 7) is 6.68. The van der Waals surface area contributed by atoms with Gasteiger partial charge < -0.3 is 28.2 Å². The van der Waals surface area contributed by atoms with Crippen molar-refractivity contribution in [1.82, 2.24) is 0 Å². The van der Waals surface area contributed by atoms with Crippen molar-refractivity contribution >= 4 is 7.32 Å². The Kier molecular flexibility index (Phi) is 9.48. The van der Waals surface area contributed by atoms with E-state index in [2.05, 4.69) is 18.2 Å². The van der Waals surface area contributed by atoms with Crippen molar-refractivity contribution in [3.8, 4) is 52.7 Å². The van der Waals surface area contributed by atoms with Crippen LogP contribution in [-0.2, 0) is 0 Å². The van der Waals surface area contributed by atoms with Crippen molar-refractivity contribution in [2.75, 3.05) is 19.8 Å². The maximum absolute atomic E-state index is 9.50. The zero-order chi connectivity index (χ0) is 26.6. The van der Waals surface area contributed by atoms with E-state index in [0.717, 1.165) is 0 Å². The Labute approximate surface area is 216 Å². The molecular formula is C27H24BN3O6. The second-order valence-electron chi connectivity index (χ2n) is 7.25. The highest BCUT2D eigenvalue weighted by Gasteiger charge is 2.31. The summed E-state index contributed by atoms with van der Waals surface area (Å²) in [6.07, 6.45) is 0. The largest absolute Gasteiger partial charge is 0.864 e. The molecule has 0 fully saturated rings. The minimum absolute atomic E-state index is 0.277. The van der Waals surface area contributed by atoms with Crippen LogP contribution in [0.3, 0.4) is 0 Å². The van der Waals surface area contributed by atoms with Gasteiger partial charge in [0.25, 0.3) is 0 Å². The van der Waals surface area contributed by atoms with Crippen LogP contribution in [0.5, 0.6) is 34.5 Å². The van der Waals surface area contributed by atoms with Crippen LogP contribution in [0.25, 0.3) is 0 Å². The molecule has 3 rings (SSSR count). The maximum atomic E-state index is 9.50. The normalized spacial score (nSPS) is 9.73. The molecular weight excluding hydrogens is 473 g/mol. The average molecular weight is 497 g/mol. The van der Waals surface area contributed by atoms with Crippen molar-refractivity contribution < 1.29 is 28.2 Å². The van der Waals surface area contributed by atoms with Crippen LogP contribution >= 0.6 is 0 Å². The van der Waals surface area contributed by atoms with E-state index in [9.17, 15) is 15.8 Å². The second kappa shape index (κ2) is 13.2. The fourth-order valence-corrected chi connectivity index (χ4v) is 3.26. The van der Waals surface area contributed by atoms with Gasteiger partial charge in [-0.05, 0) is 57.2 Å². The SMILES string of the molecule is CCOc1ccc(OB(Oc2ccc(OCC)c(C#N)c2)Oc2ccc(OCC)c(C#N)c2)cc1C#N. The Bertz CT molecular complexity index is 1190. The smallest absolute Gasteiger partial charge is 0.492 e. The minimum Gasteiger partial charge on any atom is -0.492 e. The zero-order valence-corrected chi connectivity index (χ0v) is 20.7. The van der Waals surface area contributed by atoms with Gasteiger partial charge in [0.05, 0.1) is 36.5 Å². The predicted octanol–water partition coefficient (Wildman–Crippen LogP) is 5.02. The Hall–Kier alpha value is -5.01. The molecule has 3 aromatic carbocycles. The summed E-state index contributed by atoms with van der Waals surface area (Å²) in [5.74, 6) is 2.11. The molecule has 0 aliphatic rings. The average Bonchev–Trinajstić information content (AvgIpc) is 2.91. The summed E-state index contributed by atoms with van der Waals surface area (Å²) >= 11 is 0. The number of nitriles is 3. The lowest BCUT2D eigenvalue weighted by Crippen LogP contribution is -2.37. The Morgan fingerprint density at radius 1 is 0.541 bits per heavy atom. The number of rotatable bonds is 12. The van der Waals surface area contributed by atoms with Gasteiger partial charge in [0, 0.05) is 18.2 Å². The predicted molar refractivity (Wildman–Crippen MR) is 135 cm³/mol. The van der Waals surface area contributed by atoms with Crippen LogP contribution in [0.2, 0.25) is 0 Å². The van der Waals surface area contributed by atoms with Crippen LogP contribution in [0.1, 0.15) is 37.5 Å². The lowest BCUT2D eigenvalue weighted by atomic mass is 10.1. The quantitative estimate of drug-likeness (QED) is 0.317. The molecule has 0 N–H and O–H groups in total. The number of benzene rings is 3. The van der Waals surface area contributed by atoms with Crippen molar-refractivity contribution in [1.29, 1.82) is 15.8 Å². The molecule has 0 heterocycles. The van der Waals surface area contributed by atoms with Gasteiger partial charge in [0.2, 0.25) is 0 Å². The highest BCUT2D eigenvalue weighted by Crippen LogP contribution is 2.29. The van der Waals surface area contributed by atoms with Crippen LogP contribution < -0.4 is 28.2 Å².